The molecule has 0 amide bonds. The van der Waals surface area contributed by atoms with Gasteiger partial charge in [-0.3, -0.25) is 0 Å². The van der Waals surface area contributed by atoms with E-state index in [-0.39, 0.29) is 0 Å². The van der Waals surface area contributed by atoms with Gasteiger partial charge in [-0.1, -0.05) is 33.1 Å². The Labute approximate surface area is 116 Å². The molecule has 3 heteroatoms. The third-order valence-electron chi connectivity index (χ3n) is 3.60. The maximum atomic E-state index is 5.91. The van der Waals surface area contributed by atoms with E-state index in [1.807, 2.05) is 6.26 Å². The van der Waals surface area contributed by atoms with Gasteiger partial charge in [0.25, 0.3) is 0 Å². The van der Waals surface area contributed by atoms with Gasteiger partial charge in [-0.15, -0.1) is 0 Å². The zero-order valence-electron chi connectivity index (χ0n) is 12.3. The van der Waals surface area contributed by atoms with Crippen LogP contribution in [0.2, 0.25) is 0 Å². The van der Waals surface area contributed by atoms with Gasteiger partial charge in [-0.05, 0) is 31.4 Å². The zero-order valence-corrected chi connectivity index (χ0v) is 12.3. The maximum absolute atomic E-state index is 5.91. The summed E-state index contributed by atoms with van der Waals surface area (Å²) in [6.45, 7) is 6.97. The van der Waals surface area contributed by atoms with Crippen molar-refractivity contribution in [2.45, 2.75) is 65.2 Å². The zero-order chi connectivity index (χ0) is 13.5. The molecule has 1 N–H and O–H groups in total. The van der Waals surface area contributed by atoms with Crippen LogP contribution in [-0.4, -0.2) is 12.6 Å². The van der Waals surface area contributed by atoms with E-state index in [1.54, 1.807) is 0 Å². The highest BCUT2D eigenvalue weighted by atomic mass is 16.5. The SMILES string of the molecule is CC(C)CNCc1coc(COC2CCCCC2)c1. The summed E-state index contributed by atoms with van der Waals surface area (Å²) in [4.78, 5) is 0. The number of furan rings is 1. The fourth-order valence-corrected chi connectivity index (χ4v) is 2.53. The molecule has 0 unspecified atom stereocenters. The molecule has 0 aliphatic heterocycles. The summed E-state index contributed by atoms with van der Waals surface area (Å²) in [5, 5.41) is 3.42. The number of rotatable bonds is 7. The van der Waals surface area contributed by atoms with Crippen molar-refractivity contribution in [3.05, 3.63) is 23.7 Å². The van der Waals surface area contributed by atoms with Gasteiger partial charge in [-0.25, -0.2) is 0 Å². The van der Waals surface area contributed by atoms with Crippen molar-refractivity contribution in [2.75, 3.05) is 6.54 Å². The minimum absolute atomic E-state index is 0.446. The van der Waals surface area contributed by atoms with Crippen LogP contribution >= 0.6 is 0 Å². The van der Waals surface area contributed by atoms with Crippen LogP contribution in [0.1, 0.15) is 57.3 Å². The van der Waals surface area contributed by atoms with Gasteiger partial charge in [0.05, 0.1) is 12.4 Å². The minimum Gasteiger partial charge on any atom is -0.467 e. The average molecular weight is 265 g/mol. The van der Waals surface area contributed by atoms with Crippen LogP contribution in [-0.2, 0) is 17.9 Å². The summed E-state index contributed by atoms with van der Waals surface area (Å²) < 4.78 is 11.5. The van der Waals surface area contributed by atoms with Gasteiger partial charge in [0, 0.05) is 12.1 Å². The molecule has 1 aliphatic carbocycles. The third-order valence-corrected chi connectivity index (χ3v) is 3.60. The Morgan fingerprint density at radius 3 is 2.84 bits per heavy atom. The molecule has 0 radical (unpaired) electrons. The van der Waals surface area contributed by atoms with E-state index >= 15 is 0 Å². The van der Waals surface area contributed by atoms with Gasteiger partial charge >= 0.3 is 0 Å². The summed E-state index contributed by atoms with van der Waals surface area (Å²) >= 11 is 0. The molecule has 0 atom stereocenters. The van der Waals surface area contributed by atoms with Crippen LogP contribution in [0, 0.1) is 5.92 Å². The predicted octanol–water partition coefficient (Wildman–Crippen LogP) is 3.87. The molecule has 0 spiro atoms. The van der Waals surface area contributed by atoms with Crippen LogP contribution in [0.15, 0.2) is 16.7 Å². The smallest absolute Gasteiger partial charge is 0.129 e. The molecule has 1 heterocycles. The van der Waals surface area contributed by atoms with E-state index in [2.05, 4.69) is 25.2 Å². The first-order chi connectivity index (χ1) is 9.24. The first-order valence-electron chi connectivity index (χ1n) is 7.62. The lowest BCUT2D eigenvalue weighted by Crippen LogP contribution is -2.18. The molecule has 0 saturated heterocycles. The minimum atomic E-state index is 0.446. The second kappa shape index (κ2) is 7.71. The Morgan fingerprint density at radius 1 is 1.32 bits per heavy atom. The lowest BCUT2D eigenvalue weighted by Gasteiger charge is -2.21. The number of ether oxygens (including phenoxy) is 1. The fourth-order valence-electron chi connectivity index (χ4n) is 2.53. The second-order valence-electron chi connectivity index (χ2n) is 6.02. The van der Waals surface area contributed by atoms with Crippen LogP contribution in [0.25, 0.3) is 0 Å². The highest BCUT2D eigenvalue weighted by Gasteiger charge is 2.14. The second-order valence-corrected chi connectivity index (χ2v) is 6.02. The maximum Gasteiger partial charge on any atom is 0.129 e. The van der Waals surface area contributed by atoms with E-state index in [1.165, 1.54) is 37.7 Å². The third kappa shape index (κ3) is 5.37. The monoisotopic (exact) mass is 265 g/mol. The summed E-state index contributed by atoms with van der Waals surface area (Å²) in [7, 11) is 0. The standard InChI is InChI=1S/C16H27NO2/c1-13(2)9-17-10-14-8-16(18-11-14)12-19-15-6-4-3-5-7-15/h8,11,13,15,17H,3-7,9-10,12H2,1-2H3. The molecule has 0 aromatic carbocycles. The van der Waals surface area contributed by atoms with Crippen molar-refractivity contribution in [1.29, 1.82) is 0 Å². The highest BCUT2D eigenvalue weighted by molar-refractivity contribution is 5.12. The molecular formula is C16H27NO2. The van der Waals surface area contributed by atoms with Gasteiger partial charge in [-0.2, -0.15) is 0 Å². The molecule has 1 aliphatic rings. The summed E-state index contributed by atoms with van der Waals surface area (Å²) in [6, 6.07) is 2.11. The number of nitrogens with one attached hydrogen (secondary N) is 1. The molecule has 1 saturated carbocycles. The molecule has 2 rings (SSSR count). The Kier molecular flexibility index (Phi) is 5.93. The quantitative estimate of drug-likeness (QED) is 0.812. The van der Waals surface area contributed by atoms with Gasteiger partial charge < -0.3 is 14.5 Å². The summed E-state index contributed by atoms with van der Waals surface area (Å²) in [6.07, 6.45) is 8.70. The van der Waals surface area contributed by atoms with Crippen molar-refractivity contribution in [2.24, 2.45) is 5.92 Å². The molecule has 3 nitrogen and oxygen atoms in total. The Balaban J connectivity index is 1.68. The van der Waals surface area contributed by atoms with Gasteiger partial charge in [0.2, 0.25) is 0 Å². The summed E-state index contributed by atoms with van der Waals surface area (Å²) in [5.41, 5.74) is 1.21. The van der Waals surface area contributed by atoms with E-state index in [4.69, 9.17) is 9.15 Å². The van der Waals surface area contributed by atoms with Crippen molar-refractivity contribution in [3.63, 3.8) is 0 Å². The van der Waals surface area contributed by atoms with Gasteiger partial charge in [0.1, 0.15) is 12.4 Å². The van der Waals surface area contributed by atoms with Crippen LogP contribution in [0.4, 0.5) is 0 Å². The Bertz CT molecular complexity index is 353. The average Bonchev–Trinajstić information content (AvgIpc) is 2.85. The Hall–Kier alpha value is -0.800. The lowest BCUT2D eigenvalue weighted by atomic mass is 9.98. The van der Waals surface area contributed by atoms with Crippen molar-refractivity contribution in [1.82, 2.24) is 5.32 Å². The molecule has 19 heavy (non-hydrogen) atoms. The Morgan fingerprint density at radius 2 is 2.11 bits per heavy atom. The first kappa shape index (κ1) is 14.6. The predicted molar refractivity (Wildman–Crippen MR) is 76.9 cm³/mol. The van der Waals surface area contributed by atoms with Crippen LogP contribution in [0.3, 0.4) is 0 Å². The summed E-state index contributed by atoms with van der Waals surface area (Å²) in [5.74, 6) is 1.63. The first-order valence-corrected chi connectivity index (χ1v) is 7.62. The van der Waals surface area contributed by atoms with E-state index < -0.39 is 0 Å². The molecule has 1 fully saturated rings. The normalized spacial score (nSPS) is 17.2. The van der Waals surface area contributed by atoms with Crippen molar-refractivity contribution < 1.29 is 9.15 Å². The van der Waals surface area contributed by atoms with Crippen molar-refractivity contribution >= 4 is 0 Å². The van der Waals surface area contributed by atoms with E-state index in [9.17, 15) is 0 Å². The molecule has 108 valence electrons. The van der Waals surface area contributed by atoms with Crippen molar-refractivity contribution in [3.8, 4) is 0 Å². The molecule has 0 bridgehead atoms. The fraction of sp³-hybridized carbons (Fsp3) is 0.750. The van der Waals surface area contributed by atoms with Crippen LogP contribution < -0.4 is 5.32 Å². The number of hydrogen-bond acceptors (Lipinski definition) is 3. The van der Waals surface area contributed by atoms with Gasteiger partial charge in [0.15, 0.2) is 0 Å². The lowest BCUT2D eigenvalue weighted by molar-refractivity contribution is 0.00877. The highest BCUT2D eigenvalue weighted by Crippen LogP contribution is 2.21. The molecular weight excluding hydrogens is 238 g/mol. The molecule has 1 aromatic heterocycles. The largest absolute Gasteiger partial charge is 0.467 e. The van der Waals surface area contributed by atoms with E-state index in [0.29, 0.717) is 18.6 Å². The molecule has 1 aromatic rings. The topological polar surface area (TPSA) is 34.4 Å². The van der Waals surface area contributed by atoms with Crippen LogP contribution in [0.5, 0.6) is 0 Å². The number of hydrogen-bond donors (Lipinski definition) is 1. The van der Waals surface area contributed by atoms with E-state index in [0.717, 1.165) is 18.8 Å².